The molecule has 1 heterocycles. The first-order chi connectivity index (χ1) is 7.15. The summed E-state index contributed by atoms with van der Waals surface area (Å²) in [7, 11) is 0. The summed E-state index contributed by atoms with van der Waals surface area (Å²) in [5, 5.41) is 8.73. The number of hydrogen-bond acceptors (Lipinski definition) is 4. The van der Waals surface area contributed by atoms with E-state index in [0.717, 1.165) is 6.20 Å². The number of alkyl halides is 2. The predicted octanol–water partition coefficient (Wildman–Crippen LogP) is 1.16. The van der Waals surface area contributed by atoms with Gasteiger partial charge in [0.1, 0.15) is 11.8 Å². The molecule has 0 fully saturated rings. The van der Waals surface area contributed by atoms with Gasteiger partial charge in [0.15, 0.2) is 6.29 Å². The van der Waals surface area contributed by atoms with Gasteiger partial charge < -0.3 is 5.73 Å². The topological polar surface area (TPSA) is 79.8 Å². The Balaban J connectivity index is 3.49. The molecule has 0 aliphatic rings. The minimum absolute atomic E-state index is 0.0256. The van der Waals surface area contributed by atoms with Crippen LogP contribution in [0.1, 0.15) is 33.6 Å². The Hall–Kier alpha value is -1.87. The largest absolute Gasteiger partial charge is 0.326 e. The number of hydrogen-bond donors (Lipinski definition) is 1. The zero-order valence-electron chi connectivity index (χ0n) is 7.58. The first-order valence-corrected chi connectivity index (χ1v) is 4.01. The van der Waals surface area contributed by atoms with Gasteiger partial charge in [-0.25, -0.2) is 8.78 Å². The van der Waals surface area contributed by atoms with Gasteiger partial charge >= 0.3 is 0 Å². The molecule has 78 valence electrons. The lowest BCUT2D eigenvalue weighted by molar-refractivity contribution is 0.112. The van der Waals surface area contributed by atoms with Gasteiger partial charge in [-0.05, 0) is 0 Å². The van der Waals surface area contributed by atoms with E-state index in [0.29, 0.717) is 6.29 Å². The van der Waals surface area contributed by atoms with Crippen molar-refractivity contribution < 1.29 is 13.6 Å². The smallest absolute Gasteiger partial charge is 0.280 e. The van der Waals surface area contributed by atoms with Gasteiger partial charge in [-0.1, -0.05) is 0 Å². The van der Waals surface area contributed by atoms with Crippen LogP contribution in [0.2, 0.25) is 0 Å². The van der Waals surface area contributed by atoms with Gasteiger partial charge in [-0.3, -0.25) is 9.78 Å². The number of nitrogens with two attached hydrogens (primary N) is 1. The summed E-state index contributed by atoms with van der Waals surface area (Å²) in [5.41, 5.74) is 4.48. The third kappa shape index (κ3) is 1.97. The normalized spacial score (nSPS) is 10.1. The Bertz CT molecular complexity index is 426. The highest BCUT2D eigenvalue weighted by molar-refractivity contribution is 5.79. The molecule has 1 aromatic heterocycles. The van der Waals surface area contributed by atoms with Crippen LogP contribution >= 0.6 is 0 Å². The van der Waals surface area contributed by atoms with Crippen molar-refractivity contribution >= 4 is 6.29 Å². The molecule has 15 heavy (non-hydrogen) atoms. The van der Waals surface area contributed by atoms with Gasteiger partial charge in [0.25, 0.3) is 6.43 Å². The van der Waals surface area contributed by atoms with E-state index < -0.39 is 12.1 Å². The number of aromatic nitrogens is 1. The minimum atomic E-state index is -2.81. The van der Waals surface area contributed by atoms with Crippen molar-refractivity contribution in [1.29, 1.82) is 5.26 Å². The average molecular weight is 211 g/mol. The van der Waals surface area contributed by atoms with E-state index in [1.165, 1.54) is 0 Å². The zero-order chi connectivity index (χ0) is 11.4. The second kappa shape index (κ2) is 4.57. The number of rotatable bonds is 3. The number of halogens is 2. The first kappa shape index (κ1) is 11.2. The Morgan fingerprint density at radius 3 is 2.73 bits per heavy atom. The number of carbonyl (C=O) groups excluding carboxylic acids is 1. The molecule has 4 nitrogen and oxygen atoms in total. The van der Waals surface area contributed by atoms with Crippen LogP contribution in [0, 0.1) is 11.3 Å². The zero-order valence-corrected chi connectivity index (χ0v) is 7.58. The highest BCUT2D eigenvalue weighted by Gasteiger charge is 2.19. The summed E-state index contributed by atoms with van der Waals surface area (Å²) in [6, 6.07) is 1.68. The molecule has 0 bridgehead atoms. The Morgan fingerprint density at radius 2 is 2.33 bits per heavy atom. The maximum absolute atomic E-state index is 12.5. The van der Waals surface area contributed by atoms with Gasteiger partial charge in [-0.2, -0.15) is 5.26 Å². The summed E-state index contributed by atoms with van der Waals surface area (Å²) in [6.07, 6.45) is -1.47. The van der Waals surface area contributed by atoms with E-state index in [2.05, 4.69) is 4.98 Å². The minimum Gasteiger partial charge on any atom is -0.326 e. The van der Waals surface area contributed by atoms with Crippen LogP contribution in [0.3, 0.4) is 0 Å². The number of aldehydes is 1. The molecular formula is C9H7F2N3O. The van der Waals surface area contributed by atoms with E-state index in [4.69, 9.17) is 11.0 Å². The van der Waals surface area contributed by atoms with Crippen molar-refractivity contribution in [3.05, 3.63) is 28.6 Å². The maximum Gasteiger partial charge on any atom is 0.280 e. The third-order valence-corrected chi connectivity index (χ3v) is 1.89. The fourth-order valence-electron chi connectivity index (χ4n) is 1.20. The van der Waals surface area contributed by atoms with Gasteiger partial charge in [0, 0.05) is 18.3 Å². The summed E-state index contributed by atoms with van der Waals surface area (Å²) in [6.45, 7) is -0.253. The van der Waals surface area contributed by atoms with Crippen molar-refractivity contribution in [3.8, 4) is 6.07 Å². The van der Waals surface area contributed by atoms with Crippen molar-refractivity contribution in [2.24, 2.45) is 5.73 Å². The average Bonchev–Trinajstić information content (AvgIpc) is 2.26. The molecule has 0 atom stereocenters. The summed E-state index contributed by atoms with van der Waals surface area (Å²) < 4.78 is 24.9. The lowest BCUT2D eigenvalue weighted by Crippen LogP contribution is -2.09. The van der Waals surface area contributed by atoms with Crippen molar-refractivity contribution in [2.45, 2.75) is 13.0 Å². The molecule has 0 unspecified atom stereocenters. The molecule has 0 aromatic carbocycles. The fourth-order valence-corrected chi connectivity index (χ4v) is 1.20. The van der Waals surface area contributed by atoms with E-state index in [9.17, 15) is 13.6 Å². The maximum atomic E-state index is 12.5. The molecule has 0 aliphatic carbocycles. The Labute approximate surface area is 84.3 Å². The lowest BCUT2D eigenvalue weighted by Gasteiger charge is -2.08. The molecule has 0 spiro atoms. The molecule has 0 radical (unpaired) electrons. The number of nitriles is 1. The number of carbonyl (C=O) groups is 1. The second-order valence-corrected chi connectivity index (χ2v) is 2.69. The van der Waals surface area contributed by atoms with E-state index in [1.54, 1.807) is 6.07 Å². The standard InChI is InChI=1S/C9H7F2N3O/c10-9(11)8-7(2-13)6(1-12)5(4-15)3-14-8/h3-4,9H,2,13H2. The van der Waals surface area contributed by atoms with Gasteiger partial charge in [-0.15, -0.1) is 0 Å². The van der Waals surface area contributed by atoms with Crippen LogP contribution in [-0.4, -0.2) is 11.3 Å². The van der Waals surface area contributed by atoms with E-state index in [-0.39, 0.29) is 23.2 Å². The fraction of sp³-hybridized carbons (Fsp3) is 0.222. The highest BCUT2D eigenvalue weighted by atomic mass is 19.3. The summed E-state index contributed by atoms with van der Waals surface area (Å²) in [4.78, 5) is 13.9. The molecular weight excluding hydrogens is 204 g/mol. The predicted molar refractivity (Wildman–Crippen MR) is 47.2 cm³/mol. The molecule has 1 aromatic rings. The Morgan fingerprint density at radius 1 is 1.67 bits per heavy atom. The second-order valence-electron chi connectivity index (χ2n) is 2.69. The molecule has 0 aliphatic heterocycles. The Kier molecular flexibility index (Phi) is 3.42. The monoisotopic (exact) mass is 211 g/mol. The lowest BCUT2D eigenvalue weighted by atomic mass is 10.0. The molecule has 0 amide bonds. The SMILES string of the molecule is N#Cc1c(C=O)cnc(C(F)F)c1CN. The van der Waals surface area contributed by atoms with Crippen LogP contribution in [0.4, 0.5) is 8.78 Å². The van der Waals surface area contributed by atoms with Gasteiger partial charge in [0.2, 0.25) is 0 Å². The third-order valence-electron chi connectivity index (χ3n) is 1.89. The van der Waals surface area contributed by atoms with E-state index >= 15 is 0 Å². The van der Waals surface area contributed by atoms with E-state index in [1.807, 2.05) is 0 Å². The first-order valence-electron chi connectivity index (χ1n) is 4.01. The van der Waals surface area contributed by atoms with Crippen LogP contribution < -0.4 is 5.73 Å². The number of pyridine rings is 1. The number of nitrogens with zero attached hydrogens (tertiary/aromatic N) is 2. The van der Waals surface area contributed by atoms with Crippen molar-refractivity contribution in [3.63, 3.8) is 0 Å². The quantitative estimate of drug-likeness (QED) is 0.761. The molecule has 0 saturated heterocycles. The highest BCUT2D eigenvalue weighted by Crippen LogP contribution is 2.24. The van der Waals surface area contributed by atoms with Crippen LogP contribution in [0.5, 0.6) is 0 Å². The molecule has 0 saturated carbocycles. The van der Waals surface area contributed by atoms with Crippen molar-refractivity contribution in [2.75, 3.05) is 0 Å². The van der Waals surface area contributed by atoms with Gasteiger partial charge in [0.05, 0.1) is 11.1 Å². The summed E-state index contributed by atoms with van der Waals surface area (Å²) >= 11 is 0. The van der Waals surface area contributed by atoms with Crippen LogP contribution in [0.25, 0.3) is 0 Å². The van der Waals surface area contributed by atoms with Crippen LogP contribution in [-0.2, 0) is 6.54 Å². The summed E-state index contributed by atoms with van der Waals surface area (Å²) in [5.74, 6) is 0. The van der Waals surface area contributed by atoms with Crippen molar-refractivity contribution in [1.82, 2.24) is 4.98 Å². The van der Waals surface area contributed by atoms with Crippen LogP contribution in [0.15, 0.2) is 6.20 Å². The molecule has 6 heteroatoms. The molecule has 2 N–H and O–H groups in total. The molecule has 1 rings (SSSR count).